The zero-order chi connectivity index (χ0) is 27.9. The van der Waals surface area contributed by atoms with Gasteiger partial charge in [0.15, 0.2) is 0 Å². The Labute approximate surface area is 238 Å². The third-order valence-electron chi connectivity index (χ3n) is 7.42. The Morgan fingerprint density at radius 2 is 1.92 bits per heavy atom. The van der Waals surface area contributed by atoms with Crippen molar-refractivity contribution in [1.29, 1.82) is 0 Å². The third kappa shape index (κ3) is 5.64. The minimum absolute atomic E-state index is 0.381. The van der Waals surface area contributed by atoms with Gasteiger partial charge in [0.1, 0.15) is 11.6 Å². The van der Waals surface area contributed by atoms with Crippen LogP contribution >= 0.6 is 15.9 Å². The largest absolute Gasteiger partial charge is 0.494 e. The lowest BCUT2D eigenvalue weighted by Gasteiger charge is -2.39. The Morgan fingerprint density at radius 3 is 2.64 bits per heavy atom. The number of fused-ring (bicyclic) bond motifs is 1. The molecule has 1 aromatic heterocycles. The number of hydrogen-bond donors (Lipinski definition) is 2. The highest BCUT2D eigenvalue weighted by molar-refractivity contribution is 9.10. The molecule has 0 radical (unpaired) electrons. The van der Waals surface area contributed by atoms with Gasteiger partial charge < -0.3 is 25.2 Å². The van der Waals surface area contributed by atoms with E-state index in [0.717, 1.165) is 42.1 Å². The SMILES string of the molecule is COc1cc(N2CCN(C)C(C)C2)c(C)cc1Nc1ncc(Br)c(Nc2cccc3c2N(S(C)(=O)=O)CC3)n1. The van der Waals surface area contributed by atoms with E-state index in [1.165, 1.54) is 10.6 Å². The second-order valence-electron chi connectivity index (χ2n) is 10.2. The van der Waals surface area contributed by atoms with Crippen LogP contribution in [0.4, 0.5) is 34.5 Å². The molecule has 5 rings (SSSR count). The fraction of sp³-hybridized carbons (Fsp3) is 0.407. The highest BCUT2D eigenvalue weighted by Crippen LogP contribution is 2.40. The molecule has 1 saturated heterocycles. The van der Waals surface area contributed by atoms with Gasteiger partial charge in [-0.1, -0.05) is 12.1 Å². The number of para-hydroxylation sites is 1. The van der Waals surface area contributed by atoms with Crippen molar-refractivity contribution in [2.45, 2.75) is 26.3 Å². The Kier molecular flexibility index (Phi) is 7.62. The van der Waals surface area contributed by atoms with Crippen molar-refractivity contribution < 1.29 is 13.2 Å². The number of halogens is 1. The van der Waals surface area contributed by atoms with Crippen LogP contribution < -0.4 is 24.6 Å². The fourth-order valence-electron chi connectivity index (χ4n) is 5.17. The Morgan fingerprint density at radius 1 is 1.13 bits per heavy atom. The van der Waals surface area contributed by atoms with Crippen LogP contribution in [0.5, 0.6) is 5.75 Å². The van der Waals surface area contributed by atoms with Gasteiger partial charge in [0.25, 0.3) is 0 Å². The van der Waals surface area contributed by atoms with Gasteiger partial charge in [0.05, 0.1) is 34.9 Å². The van der Waals surface area contributed by atoms with Gasteiger partial charge >= 0.3 is 0 Å². The molecule has 2 aromatic carbocycles. The predicted molar refractivity (Wildman–Crippen MR) is 161 cm³/mol. The van der Waals surface area contributed by atoms with Crippen LogP contribution in [0.3, 0.4) is 0 Å². The first kappa shape index (κ1) is 27.5. The summed E-state index contributed by atoms with van der Waals surface area (Å²) in [7, 11) is 0.419. The highest BCUT2D eigenvalue weighted by atomic mass is 79.9. The van der Waals surface area contributed by atoms with Gasteiger partial charge in [-0.25, -0.2) is 13.4 Å². The number of nitrogens with zero attached hydrogens (tertiary/aromatic N) is 5. The number of methoxy groups -OCH3 is 1. The normalized spacial score (nSPS) is 17.7. The van der Waals surface area contributed by atoms with E-state index in [1.807, 2.05) is 18.2 Å². The molecule has 39 heavy (non-hydrogen) atoms. The molecule has 1 atom stereocenters. The molecular formula is C27H34BrN7O3S. The summed E-state index contributed by atoms with van der Waals surface area (Å²) in [6.45, 7) is 7.70. The van der Waals surface area contributed by atoms with E-state index in [-0.39, 0.29) is 0 Å². The zero-order valence-electron chi connectivity index (χ0n) is 22.8. The van der Waals surface area contributed by atoms with E-state index in [2.05, 4.69) is 74.4 Å². The van der Waals surface area contributed by atoms with Crippen LogP contribution in [-0.4, -0.2) is 75.9 Å². The molecular weight excluding hydrogens is 582 g/mol. The van der Waals surface area contributed by atoms with E-state index in [0.29, 0.717) is 52.4 Å². The van der Waals surface area contributed by atoms with Crippen LogP contribution in [0, 0.1) is 6.92 Å². The maximum Gasteiger partial charge on any atom is 0.232 e. The van der Waals surface area contributed by atoms with Gasteiger partial charge in [-0.2, -0.15) is 4.98 Å². The minimum atomic E-state index is -3.40. The molecule has 1 fully saturated rings. The molecule has 12 heteroatoms. The second kappa shape index (κ2) is 10.8. The number of rotatable bonds is 7. The Hall–Kier alpha value is -3.09. The standard InChI is InChI=1S/C27H34BrN7O3S/c1-17-13-22(24(38-4)14-23(17)34-12-11-33(3)18(2)16-34)31-27-29-15-20(28)26(32-27)30-21-8-6-7-19-9-10-35(25(19)21)39(5,36)37/h6-8,13-15,18H,9-12,16H2,1-5H3,(H2,29,30,31,32). The number of aryl methyl sites for hydroxylation is 1. The van der Waals surface area contributed by atoms with E-state index >= 15 is 0 Å². The molecule has 10 nitrogen and oxygen atoms in total. The molecule has 0 bridgehead atoms. The maximum absolute atomic E-state index is 12.4. The number of hydrogen-bond acceptors (Lipinski definition) is 9. The van der Waals surface area contributed by atoms with Gasteiger partial charge in [-0.3, -0.25) is 4.31 Å². The summed E-state index contributed by atoms with van der Waals surface area (Å²) in [5, 5.41) is 6.62. The highest BCUT2D eigenvalue weighted by Gasteiger charge is 2.29. The van der Waals surface area contributed by atoms with E-state index in [4.69, 9.17) is 9.72 Å². The first-order chi connectivity index (χ1) is 18.5. The smallest absolute Gasteiger partial charge is 0.232 e. The number of ether oxygens (including phenoxy) is 1. The van der Waals surface area contributed by atoms with E-state index < -0.39 is 10.0 Å². The summed E-state index contributed by atoms with van der Waals surface area (Å²) in [6.07, 6.45) is 3.55. The summed E-state index contributed by atoms with van der Waals surface area (Å²) >= 11 is 3.53. The van der Waals surface area contributed by atoms with Crippen LogP contribution in [0.25, 0.3) is 0 Å². The number of sulfonamides is 1. The molecule has 2 aliphatic heterocycles. The zero-order valence-corrected chi connectivity index (χ0v) is 25.2. The predicted octanol–water partition coefficient (Wildman–Crippen LogP) is 4.51. The van der Waals surface area contributed by atoms with E-state index in [9.17, 15) is 8.42 Å². The first-order valence-electron chi connectivity index (χ1n) is 12.8. The molecule has 2 N–H and O–H groups in total. The molecule has 3 aromatic rings. The molecule has 0 saturated carbocycles. The number of likely N-dealkylation sites (N-methyl/N-ethyl adjacent to an activating group) is 1. The van der Waals surface area contributed by atoms with Crippen LogP contribution in [0.15, 0.2) is 41.0 Å². The summed E-state index contributed by atoms with van der Waals surface area (Å²) in [5.41, 5.74) is 5.35. The topological polar surface area (TPSA) is 103 Å². The fourth-order valence-corrected chi connectivity index (χ4v) is 6.43. The van der Waals surface area contributed by atoms with Gasteiger partial charge in [-0.05, 0) is 66.5 Å². The third-order valence-corrected chi connectivity index (χ3v) is 9.16. The van der Waals surface area contributed by atoms with E-state index in [1.54, 1.807) is 13.3 Å². The average molecular weight is 617 g/mol. The second-order valence-corrected chi connectivity index (χ2v) is 12.9. The lowest BCUT2D eigenvalue weighted by molar-refractivity contribution is 0.234. The van der Waals surface area contributed by atoms with Crippen molar-refractivity contribution in [3.05, 3.63) is 52.1 Å². The molecule has 3 heterocycles. The maximum atomic E-state index is 12.4. The minimum Gasteiger partial charge on any atom is -0.494 e. The average Bonchev–Trinajstić information content (AvgIpc) is 3.34. The van der Waals surface area contributed by atoms with Crippen molar-refractivity contribution in [2.24, 2.45) is 0 Å². The molecule has 0 amide bonds. The number of piperazine rings is 1. The lowest BCUT2D eigenvalue weighted by Crippen LogP contribution is -2.50. The van der Waals surface area contributed by atoms with Crippen LogP contribution in [-0.2, 0) is 16.4 Å². The molecule has 0 spiro atoms. The summed E-state index contributed by atoms with van der Waals surface area (Å²) in [6, 6.07) is 10.3. The molecule has 0 aliphatic carbocycles. The Balaban J connectivity index is 1.42. The van der Waals surface area contributed by atoms with Crippen molar-refractivity contribution in [1.82, 2.24) is 14.9 Å². The molecule has 208 valence electrons. The van der Waals surface area contributed by atoms with Gasteiger partial charge in [-0.15, -0.1) is 0 Å². The summed E-state index contributed by atoms with van der Waals surface area (Å²) in [4.78, 5) is 13.9. The van der Waals surface area contributed by atoms with Gasteiger partial charge in [0.2, 0.25) is 16.0 Å². The van der Waals surface area contributed by atoms with Crippen LogP contribution in [0.1, 0.15) is 18.1 Å². The van der Waals surface area contributed by atoms with Crippen molar-refractivity contribution in [3.8, 4) is 5.75 Å². The van der Waals surface area contributed by atoms with Crippen molar-refractivity contribution in [2.75, 3.05) is 66.4 Å². The summed E-state index contributed by atoms with van der Waals surface area (Å²) < 4.78 is 32.7. The number of benzene rings is 2. The number of anilines is 6. The molecule has 1 unspecified atom stereocenters. The van der Waals surface area contributed by atoms with Gasteiger partial charge in [0, 0.05) is 50.2 Å². The lowest BCUT2D eigenvalue weighted by atomic mass is 10.1. The quantitative estimate of drug-likeness (QED) is 0.397. The summed E-state index contributed by atoms with van der Waals surface area (Å²) in [5.74, 6) is 1.60. The first-order valence-corrected chi connectivity index (χ1v) is 15.5. The monoisotopic (exact) mass is 615 g/mol. The van der Waals surface area contributed by atoms with Crippen molar-refractivity contribution in [3.63, 3.8) is 0 Å². The van der Waals surface area contributed by atoms with Crippen LogP contribution in [0.2, 0.25) is 0 Å². The number of aromatic nitrogens is 2. The molecule has 2 aliphatic rings. The van der Waals surface area contributed by atoms with Crippen molar-refractivity contribution >= 4 is 60.5 Å². The Bertz CT molecular complexity index is 1500. The number of nitrogens with one attached hydrogen (secondary N) is 2.